The number of aryl methyl sites for hydroxylation is 2. The summed E-state index contributed by atoms with van der Waals surface area (Å²) < 4.78 is 17.0. The molecule has 0 aliphatic heterocycles. The van der Waals surface area contributed by atoms with Crippen LogP contribution >= 0.6 is 11.6 Å². The fourth-order valence-electron chi connectivity index (χ4n) is 3.36. The molecule has 4 aromatic rings. The molecule has 1 heterocycles. The van der Waals surface area contributed by atoms with E-state index >= 15 is 0 Å². The van der Waals surface area contributed by atoms with E-state index < -0.39 is 5.91 Å². The van der Waals surface area contributed by atoms with Gasteiger partial charge in [-0.15, -0.1) is 0 Å². The van der Waals surface area contributed by atoms with Crippen LogP contribution in [0.15, 0.2) is 69.9 Å². The van der Waals surface area contributed by atoms with E-state index in [2.05, 4.69) is 5.32 Å². The zero-order valence-electron chi connectivity index (χ0n) is 18.4. The molecule has 1 amide bonds. The molecule has 0 fully saturated rings. The molecule has 7 heteroatoms. The third-order valence-corrected chi connectivity index (χ3v) is 5.57. The Morgan fingerprint density at radius 3 is 2.48 bits per heavy atom. The molecular weight excluding hydrogens is 442 g/mol. The first kappa shape index (κ1) is 22.4. The van der Waals surface area contributed by atoms with Crippen LogP contribution in [0.5, 0.6) is 11.5 Å². The maximum Gasteiger partial charge on any atom is 0.262 e. The fourth-order valence-corrected chi connectivity index (χ4v) is 3.54. The van der Waals surface area contributed by atoms with Crippen LogP contribution in [-0.2, 0) is 4.79 Å². The van der Waals surface area contributed by atoms with Gasteiger partial charge < -0.3 is 19.2 Å². The summed E-state index contributed by atoms with van der Waals surface area (Å²) in [4.78, 5) is 25.8. The number of benzene rings is 3. The summed E-state index contributed by atoms with van der Waals surface area (Å²) in [6.45, 7) is 3.38. The van der Waals surface area contributed by atoms with Crippen LogP contribution in [0.3, 0.4) is 0 Å². The van der Waals surface area contributed by atoms with Crippen molar-refractivity contribution in [3.05, 3.63) is 87.0 Å². The number of methoxy groups -OCH3 is 1. The van der Waals surface area contributed by atoms with Crippen LogP contribution in [0, 0.1) is 13.8 Å². The number of halogens is 1. The second-order valence-corrected chi connectivity index (χ2v) is 8.03. The minimum atomic E-state index is -0.431. The maximum absolute atomic E-state index is 13.3. The first-order valence-electron chi connectivity index (χ1n) is 10.3. The number of ether oxygens (including phenoxy) is 2. The third kappa shape index (κ3) is 4.86. The molecule has 0 saturated carbocycles. The second kappa shape index (κ2) is 9.38. The lowest BCUT2D eigenvalue weighted by Gasteiger charge is -2.13. The highest BCUT2D eigenvalue weighted by molar-refractivity contribution is 6.31. The predicted octanol–water partition coefficient (Wildman–Crippen LogP) is 5.76. The van der Waals surface area contributed by atoms with Crippen LogP contribution in [0.4, 0.5) is 5.69 Å². The quantitative estimate of drug-likeness (QED) is 0.393. The summed E-state index contributed by atoms with van der Waals surface area (Å²) in [6, 6.07) is 17.6. The molecule has 3 aromatic carbocycles. The highest BCUT2D eigenvalue weighted by Crippen LogP contribution is 2.32. The smallest absolute Gasteiger partial charge is 0.262 e. The molecule has 0 unspecified atom stereocenters. The number of amides is 1. The standard InChI is InChI=1S/C26H22ClNO5/c1-15-4-11-22-20(12-15)24(30)26(25(33-22)17-6-9-19(31-3)10-7-17)32-14-23(29)28-18-8-5-16(2)21(27)13-18/h4-13H,14H2,1-3H3,(H,28,29). The van der Waals surface area contributed by atoms with Gasteiger partial charge in [0, 0.05) is 16.3 Å². The van der Waals surface area contributed by atoms with Crippen LogP contribution in [0.1, 0.15) is 11.1 Å². The van der Waals surface area contributed by atoms with E-state index in [1.165, 1.54) is 0 Å². The second-order valence-electron chi connectivity index (χ2n) is 7.62. The third-order valence-electron chi connectivity index (χ3n) is 5.16. The molecule has 0 atom stereocenters. The molecule has 0 spiro atoms. The number of fused-ring (bicyclic) bond motifs is 1. The Balaban J connectivity index is 1.68. The monoisotopic (exact) mass is 463 g/mol. The zero-order chi connectivity index (χ0) is 23.5. The number of rotatable bonds is 6. The van der Waals surface area contributed by atoms with Crippen molar-refractivity contribution in [2.75, 3.05) is 19.0 Å². The number of nitrogens with one attached hydrogen (secondary N) is 1. The Hall–Kier alpha value is -3.77. The van der Waals surface area contributed by atoms with Crippen molar-refractivity contribution < 1.29 is 18.7 Å². The average molecular weight is 464 g/mol. The van der Waals surface area contributed by atoms with Crippen molar-refractivity contribution in [3.63, 3.8) is 0 Å². The summed E-state index contributed by atoms with van der Waals surface area (Å²) in [5.41, 5.74) is 3.05. The highest BCUT2D eigenvalue weighted by atomic mass is 35.5. The number of anilines is 1. The fraction of sp³-hybridized carbons (Fsp3) is 0.154. The first-order valence-corrected chi connectivity index (χ1v) is 10.6. The Bertz CT molecular complexity index is 1390. The van der Waals surface area contributed by atoms with Crippen molar-refractivity contribution >= 4 is 34.2 Å². The van der Waals surface area contributed by atoms with Gasteiger partial charge in [-0.2, -0.15) is 0 Å². The van der Waals surface area contributed by atoms with Gasteiger partial charge in [0.25, 0.3) is 5.91 Å². The minimum absolute atomic E-state index is 0.0321. The van der Waals surface area contributed by atoms with E-state index in [4.69, 9.17) is 25.5 Å². The lowest BCUT2D eigenvalue weighted by molar-refractivity contribution is -0.118. The van der Waals surface area contributed by atoms with E-state index in [1.54, 1.807) is 61.7 Å². The lowest BCUT2D eigenvalue weighted by atomic mass is 10.1. The first-order chi connectivity index (χ1) is 15.9. The van der Waals surface area contributed by atoms with Gasteiger partial charge in [0.2, 0.25) is 11.2 Å². The molecule has 0 aliphatic carbocycles. The Morgan fingerprint density at radius 2 is 1.79 bits per heavy atom. The minimum Gasteiger partial charge on any atom is -0.497 e. The van der Waals surface area contributed by atoms with E-state index in [9.17, 15) is 9.59 Å². The number of carbonyl (C=O) groups is 1. The summed E-state index contributed by atoms with van der Waals surface area (Å²) in [7, 11) is 1.57. The Labute approximate surface area is 195 Å². The van der Waals surface area contributed by atoms with Crippen LogP contribution in [0.2, 0.25) is 5.02 Å². The summed E-state index contributed by atoms with van der Waals surface area (Å²) in [5.74, 6) is 0.441. The zero-order valence-corrected chi connectivity index (χ0v) is 19.2. The molecule has 33 heavy (non-hydrogen) atoms. The van der Waals surface area contributed by atoms with Gasteiger partial charge in [0.1, 0.15) is 11.3 Å². The van der Waals surface area contributed by atoms with E-state index in [0.29, 0.717) is 33.0 Å². The maximum atomic E-state index is 13.3. The van der Waals surface area contributed by atoms with Gasteiger partial charge in [-0.3, -0.25) is 9.59 Å². The van der Waals surface area contributed by atoms with Crippen molar-refractivity contribution in [1.29, 1.82) is 0 Å². The normalized spacial score (nSPS) is 10.8. The molecular formula is C26H22ClNO5. The molecule has 4 rings (SSSR count). The molecule has 168 valence electrons. The molecule has 0 saturated heterocycles. The lowest BCUT2D eigenvalue weighted by Crippen LogP contribution is -2.22. The van der Waals surface area contributed by atoms with Gasteiger partial charge in [0.15, 0.2) is 12.4 Å². The number of hydrogen-bond acceptors (Lipinski definition) is 5. The van der Waals surface area contributed by atoms with Gasteiger partial charge >= 0.3 is 0 Å². The number of carbonyl (C=O) groups excluding carboxylic acids is 1. The van der Waals surface area contributed by atoms with E-state index in [0.717, 1.165) is 11.1 Å². The Kier molecular flexibility index (Phi) is 6.38. The summed E-state index contributed by atoms with van der Waals surface area (Å²) in [5, 5.41) is 3.65. The van der Waals surface area contributed by atoms with Crippen molar-refractivity contribution in [1.82, 2.24) is 0 Å². The predicted molar refractivity (Wildman–Crippen MR) is 130 cm³/mol. The molecule has 0 bridgehead atoms. The molecule has 6 nitrogen and oxygen atoms in total. The van der Waals surface area contributed by atoms with Crippen molar-refractivity contribution in [2.24, 2.45) is 0 Å². The average Bonchev–Trinajstić information content (AvgIpc) is 2.81. The van der Waals surface area contributed by atoms with E-state index in [1.807, 2.05) is 19.9 Å². The molecule has 1 N–H and O–H groups in total. The summed E-state index contributed by atoms with van der Waals surface area (Å²) in [6.07, 6.45) is 0. The van der Waals surface area contributed by atoms with Gasteiger partial charge in [-0.1, -0.05) is 29.3 Å². The SMILES string of the molecule is COc1ccc(-c2oc3ccc(C)cc3c(=O)c2OCC(=O)Nc2ccc(C)c(Cl)c2)cc1. The Morgan fingerprint density at radius 1 is 1.03 bits per heavy atom. The number of hydrogen-bond donors (Lipinski definition) is 1. The van der Waals surface area contributed by atoms with Gasteiger partial charge in [-0.25, -0.2) is 0 Å². The van der Waals surface area contributed by atoms with Crippen LogP contribution in [0.25, 0.3) is 22.3 Å². The van der Waals surface area contributed by atoms with Crippen LogP contribution in [-0.4, -0.2) is 19.6 Å². The van der Waals surface area contributed by atoms with Gasteiger partial charge in [0.05, 0.1) is 12.5 Å². The van der Waals surface area contributed by atoms with Crippen molar-refractivity contribution in [2.45, 2.75) is 13.8 Å². The highest BCUT2D eigenvalue weighted by Gasteiger charge is 2.19. The topological polar surface area (TPSA) is 77.8 Å². The summed E-state index contributed by atoms with van der Waals surface area (Å²) >= 11 is 6.12. The molecule has 1 aromatic heterocycles. The van der Waals surface area contributed by atoms with Crippen molar-refractivity contribution in [3.8, 4) is 22.8 Å². The largest absolute Gasteiger partial charge is 0.497 e. The van der Waals surface area contributed by atoms with E-state index in [-0.39, 0.29) is 23.5 Å². The van der Waals surface area contributed by atoms with Crippen LogP contribution < -0.4 is 20.2 Å². The molecule has 0 radical (unpaired) electrons. The molecule has 0 aliphatic rings. The van der Waals surface area contributed by atoms with Gasteiger partial charge in [-0.05, 0) is 67.9 Å².